The lowest BCUT2D eigenvalue weighted by molar-refractivity contribution is -0.144. The van der Waals surface area contributed by atoms with Gasteiger partial charge in [0.25, 0.3) is 0 Å². The minimum atomic E-state index is -3.33. The molecule has 0 fully saturated rings. The van der Waals surface area contributed by atoms with Crippen LogP contribution in [0.4, 0.5) is 0 Å². The van der Waals surface area contributed by atoms with E-state index in [1.54, 1.807) is 27.7 Å². The molecule has 0 heterocycles. The Hall–Kier alpha value is -1.97. The van der Waals surface area contributed by atoms with Crippen molar-refractivity contribution in [1.82, 2.24) is 10.6 Å². The predicted octanol–water partition coefficient (Wildman–Crippen LogP) is 0.383. The van der Waals surface area contributed by atoms with Gasteiger partial charge in [0.1, 0.15) is 15.9 Å². The molecule has 0 aliphatic heterocycles. The maximum absolute atomic E-state index is 12.7. The van der Waals surface area contributed by atoms with Crippen molar-refractivity contribution >= 4 is 33.4 Å². The Morgan fingerprint density at radius 2 is 1.50 bits per heavy atom. The number of ketones is 1. The fourth-order valence-corrected chi connectivity index (χ4v) is 3.32. The van der Waals surface area contributed by atoms with Gasteiger partial charge in [-0.15, -0.1) is 0 Å². The molecular formula is C18H32N2O7S. The molecule has 0 saturated carbocycles. The standard InChI is InChI=1S/C18H32N2O7S/c1-10(2)13(17(23)20-16(11(3)4)18(24)25)9-15(22)14(19-12(5)21)7-8-28(6,26)27/h10-11,13-14,16H,7-9H2,1-6H3,(H,19,21)(H,20,23)(H,24,25). The van der Waals surface area contributed by atoms with Gasteiger partial charge in [0.05, 0.1) is 11.8 Å². The molecule has 3 atom stereocenters. The third kappa shape index (κ3) is 9.82. The van der Waals surface area contributed by atoms with Gasteiger partial charge in [0.15, 0.2) is 5.78 Å². The molecule has 0 bridgehead atoms. The molecule has 28 heavy (non-hydrogen) atoms. The minimum Gasteiger partial charge on any atom is -0.480 e. The van der Waals surface area contributed by atoms with Crippen molar-refractivity contribution in [3.8, 4) is 0 Å². The Balaban J connectivity index is 5.34. The molecule has 10 heteroatoms. The van der Waals surface area contributed by atoms with E-state index >= 15 is 0 Å². The van der Waals surface area contributed by atoms with E-state index in [-0.39, 0.29) is 30.4 Å². The highest BCUT2D eigenvalue weighted by molar-refractivity contribution is 7.90. The van der Waals surface area contributed by atoms with Crippen LogP contribution in [0, 0.1) is 17.8 Å². The maximum atomic E-state index is 12.7. The first kappa shape index (κ1) is 26.0. The monoisotopic (exact) mass is 420 g/mol. The number of amides is 2. The van der Waals surface area contributed by atoms with Crippen molar-refractivity contribution in [2.24, 2.45) is 17.8 Å². The Kier molecular flexibility index (Phi) is 10.4. The summed E-state index contributed by atoms with van der Waals surface area (Å²) in [6.45, 7) is 7.99. The molecule has 0 aromatic heterocycles. The number of carboxylic acid groups (broad SMARTS) is 1. The highest BCUT2D eigenvalue weighted by Gasteiger charge is 2.32. The van der Waals surface area contributed by atoms with Crippen LogP contribution < -0.4 is 10.6 Å². The van der Waals surface area contributed by atoms with Crippen molar-refractivity contribution in [3.63, 3.8) is 0 Å². The number of aliphatic carboxylic acids is 1. The zero-order valence-electron chi connectivity index (χ0n) is 17.3. The second-order valence-corrected chi connectivity index (χ2v) is 10.0. The summed E-state index contributed by atoms with van der Waals surface area (Å²) in [7, 11) is -3.33. The Bertz CT molecular complexity index is 686. The number of rotatable bonds is 12. The second kappa shape index (κ2) is 11.1. The summed E-state index contributed by atoms with van der Waals surface area (Å²) in [5.74, 6) is -4.37. The van der Waals surface area contributed by atoms with Gasteiger partial charge in [0.2, 0.25) is 11.8 Å². The fraction of sp³-hybridized carbons (Fsp3) is 0.778. The predicted molar refractivity (Wildman–Crippen MR) is 104 cm³/mol. The smallest absolute Gasteiger partial charge is 0.326 e. The SMILES string of the molecule is CC(=O)NC(CCS(C)(=O)=O)C(=O)CC(C(=O)NC(C(=O)O)C(C)C)C(C)C. The lowest BCUT2D eigenvalue weighted by atomic mass is 9.87. The van der Waals surface area contributed by atoms with Crippen molar-refractivity contribution < 1.29 is 32.7 Å². The normalized spacial score (nSPS) is 15.0. The molecule has 0 radical (unpaired) electrons. The van der Waals surface area contributed by atoms with Gasteiger partial charge in [0, 0.05) is 25.5 Å². The summed E-state index contributed by atoms with van der Waals surface area (Å²) in [5, 5.41) is 14.1. The van der Waals surface area contributed by atoms with E-state index in [9.17, 15) is 32.7 Å². The van der Waals surface area contributed by atoms with Crippen LogP contribution in [0.5, 0.6) is 0 Å². The topological polar surface area (TPSA) is 147 Å². The van der Waals surface area contributed by atoms with Crippen LogP contribution >= 0.6 is 0 Å². The molecule has 0 spiro atoms. The van der Waals surface area contributed by atoms with Gasteiger partial charge >= 0.3 is 5.97 Å². The maximum Gasteiger partial charge on any atom is 0.326 e. The number of hydrogen-bond donors (Lipinski definition) is 3. The van der Waals surface area contributed by atoms with E-state index in [4.69, 9.17) is 0 Å². The molecule has 2 amide bonds. The van der Waals surface area contributed by atoms with Gasteiger partial charge in [-0.05, 0) is 18.3 Å². The summed E-state index contributed by atoms with van der Waals surface area (Å²) in [5.41, 5.74) is 0. The van der Waals surface area contributed by atoms with E-state index in [0.717, 1.165) is 6.26 Å². The number of carbonyl (C=O) groups is 4. The van der Waals surface area contributed by atoms with Gasteiger partial charge in [-0.1, -0.05) is 27.7 Å². The molecule has 3 unspecified atom stereocenters. The number of Topliss-reactive ketones (excluding diaryl/α,β-unsaturated/α-hetero) is 1. The molecule has 3 N–H and O–H groups in total. The zero-order chi connectivity index (χ0) is 22.2. The molecule has 0 aromatic carbocycles. The first-order valence-corrected chi connectivity index (χ1v) is 11.2. The lowest BCUT2D eigenvalue weighted by Crippen LogP contribution is -2.49. The molecule has 162 valence electrons. The van der Waals surface area contributed by atoms with E-state index in [0.29, 0.717) is 0 Å². The molecule has 9 nitrogen and oxygen atoms in total. The van der Waals surface area contributed by atoms with E-state index in [1.807, 2.05) is 0 Å². The van der Waals surface area contributed by atoms with Crippen LogP contribution in [0.1, 0.15) is 47.5 Å². The largest absolute Gasteiger partial charge is 0.480 e. The summed E-state index contributed by atoms with van der Waals surface area (Å²) < 4.78 is 22.8. The van der Waals surface area contributed by atoms with Crippen LogP contribution in [0.2, 0.25) is 0 Å². The molecule has 0 aliphatic carbocycles. The molecule has 0 saturated heterocycles. The van der Waals surface area contributed by atoms with Gasteiger partial charge in [-0.3, -0.25) is 14.4 Å². The van der Waals surface area contributed by atoms with E-state index < -0.39 is 51.4 Å². The summed E-state index contributed by atoms with van der Waals surface area (Å²) in [4.78, 5) is 47.9. The van der Waals surface area contributed by atoms with Crippen molar-refractivity contribution in [2.75, 3.05) is 12.0 Å². The van der Waals surface area contributed by atoms with Crippen molar-refractivity contribution in [1.29, 1.82) is 0 Å². The fourth-order valence-electron chi connectivity index (χ4n) is 2.65. The van der Waals surface area contributed by atoms with Gasteiger partial charge in [-0.25, -0.2) is 13.2 Å². The van der Waals surface area contributed by atoms with Crippen LogP contribution in [0.15, 0.2) is 0 Å². The van der Waals surface area contributed by atoms with E-state index in [2.05, 4.69) is 10.6 Å². The summed E-state index contributed by atoms with van der Waals surface area (Å²) in [6, 6.07) is -2.11. The van der Waals surface area contributed by atoms with Crippen molar-refractivity contribution in [2.45, 2.75) is 59.5 Å². The second-order valence-electron chi connectivity index (χ2n) is 7.76. The molecule has 0 aromatic rings. The first-order valence-electron chi connectivity index (χ1n) is 9.16. The zero-order valence-corrected chi connectivity index (χ0v) is 18.1. The third-order valence-electron chi connectivity index (χ3n) is 4.34. The Labute approximate surface area is 166 Å². The van der Waals surface area contributed by atoms with Crippen LogP contribution in [0.3, 0.4) is 0 Å². The average Bonchev–Trinajstić information content (AvgIpc) is 2.51. The molecule has 0 aliphatic rings. The van der Waals surface area contributed by atoms with E-state index in [1.165, 1.54) is 6.92 Å². The van der Waals surface area contributed by atoms with Gasteiger partial charge < -0.3 is 15.7 Å². The Morgan fingerprint density at radius 1 is 0.964 bits per heavy atom. The van der Waals surface area contributed by atoms with Crippen LogP contribution in [0.25, 0.3) is 0 Å². The summed E-state index contributed by atoms with van der Waals surface area (Å²) >= 11 is 0. The molecular weight excluding hydrogens is 388 g/mol. The number of sulfone groups is 1. The van der Waals surface area contributed by atoms with Gasteiger partial charge in [-0.2, -0.15) is 0 Å². The molecule has 0 rings (SSSR count). The number of hydrogen-bond acceptors (Lipinski definition) is 6. The van der Waals surface area contributed by atoms with Crippen LogP contribution in [-0.2, 0) is 29.0 Å². The average molecular weight is 421 g/mol. The number of carbonyl (C=O) groups excluding carboxylic acids is 3. The third-order valence-corrected chi connectivity index (χ3v) is 5.31. The van der Waals surface area contributed by atoms with Crippen LogP contribution in [-0.4, -0.2) is 61.2 Å². The highest BCUT2D eigenvalue weighted by atomic mass is 32.2. The first-order chi connectivity index (χ1) is 12.7. The number of nitrogens with one attached hydrogen (secondary N) is 2. The minimum absolute atomic E-state index is 0.0899. The number of carboxylic acids is 1. The lowest BCUT2D eigenvalue weighted by Gasteiger charge is -2.26. The quantitative estimate of drug-likeness (QED) is 0.413. The Morgan fingerprint density at radius 3 is 1.86 bits per heavy atom. The highest BCUT2D eigenvalue weighted by Crippen LogP contribution is 2.19. The summed E-state index contributed by atoms with van der Waals surface area (Å²) in [6.07, 6.45) is 0.709. The van der Waals surface area contributed by atoms with Crippen molar-refractivity contribution in [3.05, 3.63) is 0 Å².